The summed E-state index contributed by atoms with van der Waals surface area (Å²) in [7, 11) is 1.58. The number of hydrogen-bond donors (Lipinski definition) is 2. The summed E-state index contributed by atoms with van der Waals surface area (Å²) in [4.78, 5) is 4.52. The summed E-state index contributed by atoms with van der Waals surface area (Å²) in [5.41, 5.74) is 6.92. The van der Waals surface area contributed by atoms with Crippen LogP contribution in [-0.4, -0.2) is 42.2 Å². The van der Waals surface area contributed by atoms with Crippen LogP contribution in [0.15, 0.2) is 60.8 Å². The minimum Gasteiger partial charge on any atom is -0.480 e. The minimum atomic E-state index is -0.896. The van der Waals surface area contributed by atoms with E-state index >= 15 is 0 Å². The largest absolute Gasteiger partial charge is 0.480 e. The number of aromatic amines is 1. The number of rotatable bonds is 5. The lowest BCUT2D eigenvalue weighted by molar-refractivity contribution is 0.213. The van der Waals surface area contributed by atoms with Gasteiger partial charge in [0.1, 0.15) is 11.8 Å². The summed E-state index contributed by atoms with van der Waals surface area (Å²) in [6.07, 6.45) is 0.902. The van der Waals surface area contributed by atoms with Crippen LogP contribution in [0.25, 0.3) is 28.2 Å². The van der Waals surface area contributed by atoms with Crippen molar-refractivity contribution in [3.63, 3.8) is 0 Å². The number of tetrazole rings is 1. The lowest BCUT2D eigenvalue weighted by Gasteiger charge is -2.19. The molecule has 160 valence electrons. The number of fused-ring (bicyclic) bond motifs is 1. The molecule has 0 saturated heterocycles. The van der Waals surface area contributed by atoms with Crippen molar-refractivity contribution in [1.82, 2.24) is 30.0 Å². The summed E-state index contributed by atoms with van der Waals surface area (Å²) in [5.74, 6) is 0.965. The normalized spacial score (nSPS) is 12.2. The minimum absolute atomic E-state index is 0.466. The van der Waals surface area contributed by atoms with Gasteiger partial charge in [-0.1, -0.05) is 48.5 Å². The number of aryl methyl sites for hydroxylation is 2. The van der Waals surface area contributed by atoms with Crippen molar-refractivity contribution in [2.75, 3.05) is 7.11 Å². The maximum absolute atomic E-state index is 11.5. The third-order valence-electron chi connectivity index (χ3n) is 5.63. The quantitative estimate of drug-likeness (QED) is 0.442. The number of pyridine rings is 1. The fraction of sp³-hybridized carbons (Fsp3) is 0.167. The number of methoxy groups -OCH3 is 1. The molecule has 1 unspecified atom stereocenters. The summed E-state index contributed by atoms with van der Waals surface area (Å²) in [6.45, 7) is 3.98. The van der Waals surface area contributed by atoms with Crippen molar-refractivity contribution >= 4 is 5.65 Å². The maximum Gasteiger partial charge on any atom is 0.232 e. The van der Waals surface area contributed by atoms with Gasteiger partial charge >= 0.3 is 0 Å². The molecule has 0 radical (unpaired) electrons. The number of hydrogen-bond acceptors (Lipinski definition) is 6. The number of aliphatic hydroxyl groups excluding tert-OH is 1. The van der Waals surface area contributed by atoms with Crippen LogP contribution in [0, 0.1) is 13.8 Å². The molecule has 0 bridgehead atoms. The van der Waals surface area contributed by atoms with Gasteiger partial charge in [0.05, 0.1) is 19.0 Å². The second-order valence-corrected chi connectivity index (χ2v) is 7.68. The Morgan fingerprint density at radius 2 is 1.81 bits per heavy atom. The molecular formula is C24H22N6O2. The van der Waals surface area contributed by atoms with Crippen LogP contribution >= 0.6 is 0 Å². The average Bonchev–Trinajstić information content (AvgIpc) is 3.50. The number of ether oxygens (including phenoxy) is 1. The number of nitrogens with zero attached hydrogens (tertiary/aromatic N) is 5. The lowest BCUT2D eigenvalue weighted by atomic mass is 9.93. The molecule has 5 rings (SSSR count). The summed E-state index contributed by atoms with van der Waals surface area (Å²) < 4.78 is 7.22. The fourth-order valence-electron chi connectivity index (χ4n) is 4.14. The van der Waals surface area contributed by atoms with Crippen molar-refractivity contribution < 1.29 is 9.84 Å². The Bertz CT molecular complexity index is 1390. The van der Waals surface area contributed by atoms with Crippen LogP contribution in [0.5, 0.6) is 5.88 Å². The number of benzene rings is 2. The molecule has 1 atom stereocenters. The van der Waals surface area contributed by atoms with E-state index in [4.69, 9.17) is 4.74 Å². The van der Waals surface area contributed by atoms with Gasteiger partial charge in [-0.25, -0.2) is 0 Å². The zero-order valence-electron chi connectivity index (χ0n) is 17.9. The molecule has 0 amide bonds. The van der Waals surface area contributed by atoms with E-state index in [1.165, 1.54) is 0 Å². The van der Waals surface area contributed by atoms with Crippen LogP contribution in [0.4, 0.5) is 0 Å². The van der Waals surface area contributed by atoms with Crippen molar-refractivity contribution in [3.8, 4) is 28.4 Å². The molecular weight excluding hydrogens is 404 g/mol. The Kier molecular flexibility index (Phi) is 4.91. The molecule has 0 saturated carbocycles. The Morgan fingerprint density at radius 1 is 1.00 bits per heavy atom. The zero-order valence-corrected chi connectivity index (χ0v) is 17.9. The lowest BCUT2D eigenvalue weighted by Crippen LogP contribution is -2.09. The molecule has 8 nitrogen and oxygen atoms in total. The molecule has 0 aliphatic heterocycles. The first-order chi connectivity index (χ1) is 15.6. The van der Waals surface area contributed by atoms with E-state index in [2.05, 4.69) is 25.6 Å². The molecule has 0 spiro atoms. The van der Waals surface area contributed by atoms with Crippen molar-refractivity contribution in [2.24, 2.45) is 0 Å². The van der Waals surface area contributed by atoms with Crippen LogP contribution in [0.1, 0.15) is 28.5 Å². The highest BCUT2D eigenvalue weighted by Crippen LogP contribution is 2.35. The smallest absolute Gasteiger partial charge is 0.232 e. The number of aliphatic hydroxyl groups is 1. The van der Waals surface area contributed by atoms with Crippen LogP contribution < -0.4 is 4.74 Å². The molecule has 0 aliphatic rings. The molecule has 3 heterocycles. The van der Waals surface area contributed by atoms with Crippen molar-refractivity contribution in [2.45, 2.75) is 20.0 Å². The topological polar surface area (TPSA) is 101 Å². The van der Waals surface area contributed by atoms with Gasteiger partial charge in [-0.2, -0.15) is 10.2 Å². The number of nitrogens with one attached hydrogen (secondary N) is 1. The Labute approximate surface area is 184 Å². The molecule has 3 aromatic heterocycles. The first-order valence-corrected chi connectivity index (χ1v) is 10.2. The standard InChI is InChI=1S/C24H22N6O2/c1-14-11-15(2)24-25-20(32-3)13-30(24)21(14)22(31)17-9-10-18(16-7-5-4-6-8-16)19(12-17)23-26-28-29-27-23/h4-13,22,31H,1-3H3,(H,26,27,28,29). The number of H-pyrrole nitrogens is 1. The van der Waals surface area contributed by atoms with Gasteiger partial charge in [-0.15, -0.1) is 10.2 Å². The fourth-order valence-corrected chi connectivity index (χ4v) is 4.14. The molecule has 2 N–H and O–H groups in total. The third-order valence-corrected chi connectivity index (χ3v) is 5.63. The van der Waals surface area contributed by atoms with Crippen LogP contribution in [0.3, 0.4) is 0 Å². The van der Waals surface area contributed by atoms with Crippen LogP contribution in [-0.2, 0) is 0 Å². The van der Waals surface area contributed by atoms with Crippen molar-refractivity contribution in [1.29, 1.82) is 0 Å². The van der Waals surface area contributed by atoms with E-state index in [0.29, 0.717) is 17.3 Å². The van der Waals surface area contributed by atoms with E-state index in [0.717, 1.165) is 39.2 Å². The zero-order chi connectivity index (χ0) is 22.2. The Balaban J connectivity index is 1.68. The molecule has 0 aliphatic carbocycles. The predicted molar refractivity (Wildman–Crippen MR) is 120 cm³/mol. The van der Waals surface area contributed by atoms with Gasteiger partial charge in [0.25, 0.3) is 0 Å². The maximum atomic E-state index is 11.5. The van der Waals surface area contributed by atoms with Gasteiger partial charge < -0.3 is 9.84 Å². The van der Waals surface area contributed by atoms with Gasteiger partial charge in [-0.05, 0) is 52.9 Å². The average molecular weight is 426 g/mol. The van der Waals surface area contributed by atoms with E-state index < -0.39 is 6.10 Å². The Hall–Kier alpha value is -4.04. The molecule has 2 aromatic carbocycles. The predicted octanol–water partition coefficient (Wildman–Crippen LogP) is 3.89. The van der Waals surface area contributed by atoms with Gasteiger partial charge in [0, 0.05) is 5.56 Å². The summed E-state index contributed by atoms with van der Waals surface area (Å²) in [5, 5.41) is 26.1. The van der Waals surface area contributed by atoms with Gasteiger partial charge in [0.2, 0.25) is 11.7 Å². The highest BCUT2D eigenvalue weighted by Gasteiger charge is 2.22. The number of imidazole rings is 1. The first kappa shape index (κ1) is 19.9. The van der Waals surface area contributed by atoms with Gasteiger partial charge in [0.15, 0.2) is 0 Å². The first-order valence-electron chi connectivity index (χ1n) is 10.2. The highest BCUT2D eigenvalue weighted by atomic mass is 16.5. The molecule has 0 fully saturated rings. The second-order valence-electron chi connectivity index (χ2n) is 7.68. The van der Waals surface area contributed by atoms with Gasteiger partial charge in [-0.3, -0.25) is 4.40 Å². The van der Waals surface area contributed by atoms with Crippen LogP contribution in [0.2, 0.25) is 0 Å². The molecule has 32 heavy (non-hydrogen) atoms. The monoisotopic (exact) mass is 426 g/mol. The molecule has 8 heteroatoms. The van der Waals surface area contributed by atoms with E-state index in [1.807, 2.05) is 72.8 Å². The third kappa shape index (κ3) is 3.30. The van der Waals surface area contributed by atoms with E-state index in [9.17, 15) is 5.11 Å². The van der Waals surface area contributed by atoms with E-state index in [1.54, 1.807) is 13.3 Å². The number of aromatic nitrogens is 6. The van der Waals surface area contributed by atoms with Crippen molar-refractivity contribution in [3.05, 3.63) is 83.2 Å². The summed E-state index contributed by atoms with van der Waals surface area (Å²) in [6, 6.07) is 17.8. The highest BCUT2D eigenvalue weighted by molar-refractivity contribution is 5.81. The second kappa shape index (κ2) is 7.90. The Morgan fingerprint density at radius 3 is 2.53 bits per heavy atom. The van der Waals surface area contributed by atoms with E-state index in [-0.39, 0.29) is 0 Å². The molecule has 5 aromatic rings. The SMILES string of the molecule is COc1cn2c(C(O)c3ccc(-c4ccccc4)c(-c4nn[nH]n4)c3)c(C)cc(C)c2n1. The summed E-state index contributed by atoms with van der Waals surface area (Å²) >= 11 is 0.